The summed E-state index contributed by atoms with van der Waals surface area (Å²) < 4.78 is 0. The van der Waals surface area contributed by atoms with Gasteiger partial charge in [0.15, 0.2) is 0 Å². The van der Waals surface area contributed by atoms with Crippen molar-refractivity contribution in [2.45, 2.75) is 78.2 Å². The number of carbonyl (C=O) groups excluding carboxylic acids is 2. The van der Waals surface area contributed by atoms with E-state index in [-0.39, 0.29) is 23.3 Å². The van der Waals surface area contributed by atoms with E-state index in [9.17, 15) is 9.59 Å². The highest BCUT2D eigenvalue weighted by Crippen LogP contribution is 2.38. The molecule has 148 valence electrons. The molecule has 3 aliphatic rings. The predicted molar refractivity (Wildman–Crippen MR) is 104 cm³/mol. The predicted octanol–water partition coefficient (Wildman–Crippen LogP) is 3.64. The number of likely N-dealkylation sites (tertiary alicyclic amines) is 2. The molecular weight excluding hydrogens is 326 g/mol. The maximum absolute atomic E-state index is 13.0. The molecule has 0 aromatic rings. The van der Waals surface area contributed by atoms with Crippen molar-refractivity contribution in [2.75, 3.05) is 26.2 Å². The van der Waals surface area contributed by atoms with Gasteiger partial charge in [0.05, 0.1) is 5.92 Å². The van der Waals surface area contributed by atoms with E-state index >= 15 is 0 Å². The zero-order valence-electron chi connectivity index (χ0n) is 16.9. The normalized spacial score (nSPS) is 30.3. The number of hydrogen-bond donors (Lipinski definition) is 1. The summed E-state index contributed by atoms with van der Waals surface area (Å²) in [4.78, 5) is 29.5. The number of hydrogen-bond acceptors (Lipinski definition) is 2. The summed E-state index contributed by atoms with van der Waals surface area (Å²) in [6.45, 7) is 10.0. The van der Waals surface area contributed by atoms with Crippen LogP contribution in [-0.2, 0) is 4.79 Å². The first kappa shape index (κ1) is 19.5. The molecule has 2 aliphatic heterocycles. The van der Waals surface area contributed by atoms with Gasteiger partial charge in [-0.3, -0.25) is 4.79 Å². The standard InChI is InChI=1S/C21H37N3O2/c1-21(2,3)17-10-4-5-11-18(17)22-19(25)16-9-8-14-24(15-16)20(26)23-12-6-7-13-23/h16-18H,4-15H2,1-3H3,(H,22,25)/t16-,17+,18+/m0/s1. The maximum atomic E-state index is 13.0. The molecule has 1 saturated carbocycles. The van der Waals surface area contributed by atoms with E-state index in [0.717, 1.165) is 51.7 Å². The van der Waals surface area contributed by atoms with Crippen LogP contribution in [-0.4, -0.2) is 54.0 Å². The molecule has 5 nitrogen and oxygen atoms in total. The number of piperidine rings is 1. The van der Waals surface area contributed by atoms with Crippen molar-refractivity contribution in [1.82, 2.24) is 15.1 Å². The highest BCUT2D eigenvalue weighted by atomic mass is 16.2. The topological polar surface area (TPSA) is 52.7 Å². The van der Waals surface area contributed by atoms with Crippen LogP contribution in [0.5, 0.6) is 0 Å². The van der Waals surface area contributed by atoms with Crippen LogP contribution in [0.1, 0.15) is 72.1 Å². The van der Waals surface area contributed by atoms with Crippen molar-refractivity contribution in [1.29, 1.82) is 0 Å². The number of carbonyl (C=O) groups is 2. The van der Waals surface area contributed by atoms with Gasteiger partial charge in [-0.05, 0) is 49.9 Å². The van der Waals surface area contributed by atoms with E-state index in [0.29, 0.717) is 18.5 Å². The van der Waals surface area contributed by atoms with Crippen molar-refractivity contribution >= 4 is 11.9 Å². The van der Waals surface area contributed by atoms with Crippen molar-refractivity contribution in [3.8, 4) is 0 Å². The van der Waals surface area contributed by atoms with E-state index in [4.69, 9.17) is 0 Å². The molecule has 0 bridgehead atoms. The van der Waals surface area contributed by atoms with E-state index in [2.05, 4.69) is 26.1 Å². The lowest BCUT2D eigenvalue weighted by atomic mass is 9.69. The summed E-state index contributed by atoms with van der Waals surface area (Å²) in [5.74, 6) is 0.675. The molecule has 3 atom stereocenters. The fourth-order valence-electron chi connectivity index (χ4n) is 5.11. The Morgan fingerprint density at radius 3 is 2.19 bits per heavy atom. The van der Waals surface area contributed by atoms with Gasteiger partial charge >= 0.3 is 6.03 Å². The lowest BCUT2D eigenvalue weighted by molar-refractivity contribution is -0.128. The Balaban J connectivity index is 1.57. The van der Waals surface area contributed by atoms with Gasteiger partial charge < -0.3 is 15.1 Å². The molecular formula is C21H37N3O2. The minimum atomic E-state index is -0.0437. The second kappa shape index (κ2) is 8.18. The molecule has 2 saturated heterocycles. The molecule has 0 aromatic heterocycles. The van der Waals surface area contributed by atoms with Crippen LogP contribution in [0.3, 0.4) is 0 Å². The maximum Gasteiger partial charge on any atom is 0.320 e. The molecule has 1 aliphatic carbocycles. The third-order valence-electron chi connectivity index (χ3n) is 6.65. The number of urea groups is 1. The highest BCUT2D eigenvalue weighted by molar-refractivity contribution is 5.81. The molecule has 0 aromatic carbocycles. The van der Waals surface area contributed by atoms with Gasteiger partial charge in [-0.1, -0.05) is 33.6 Å². The first-order valence-electron chi connectivity index (χ1n) is 10.7. The smallest absolute Gasteiger partial charge is 0.320 e. The van der Waals surface area contributed by atoms with E-state index in [1.807, 2.05) is 9.80 Å². The molecule has 3 amide bonds. The van der Waals surface area contributed by atoms with Crippen molar-refractivity contribution in [2.24, 2.45) is 17.3 Å². The Morgan fingerprint density at radius 1 is 0.846 bits per heavy atom. The summed E-state index contributed by atoms with van der Waals surface area (Å²) in [7, 11) is 0. The van der Waals surface area contributed by atoms with Crippen LogP contribution in [0.4, 0.5) is 4.79 Å². The van der Waals surface area contributed by atoms with Gasteiger partial charge in [0.1, 0.15) is 0 Å². The average Bonchev–Trinajstić information content (AvgIpc) is 3.15. The minimum Gasteiger partial charge on any atom is -0.353 e. The van der Waals surface area contributed by atoms with Crippen LogP contribution in [0.2, 0.25) is 0 Å². The number of rotatable bonds is 2. The van der Waals surface area contributed by atoms with Gasteiger partial charge in [0, 0.05) is 32.2 Å². The monoisotopic (exact) mass is 363 g/mol. The van der Waals surface area contributed by atoms with E-state index < -0.39 is 0 Å². The van der Waals surface area contributed by atoms with Crippen LogP contribution < -0.4 is 5.32 Å². The van der Waals surface area contributed by atoms with Crippen LogP contribution in [0, 0.1) is 17.3 Å². The van der Waals surface area contributed by atoms with E-state index in [1.165, 1.54) is 19.3 Å². The number of nitrogens with one attached hydrogen (secondary N) is 1. The van der Waals surface area contributed by atoms with Crippen LogP contribution >= 0.6 is 0 Å². The molecule has 3 fully saturated rings. The number of nitrogens with zero attached hydrogens (tertiary/aromatic N) is 2. The lowest BCUT2D eigenvalue weighted by Gasteiger charge is -2.42. The average molecular weight is 364 g/mol. The second-order valence-electron chi connectivity index (χ2n) is 9.63. The molecule has 26 heavy (non-hydrogen) atoms. The van der Waals surface area contributed by atoms with Gasteiger partial charge in [-0.15, -0.1) is 0 Å². The molecule has 1 N–H and O–H groups in total. The first-order chi connectivity index (χ1) is 12.4. The summed E-state index contributed by atoms with van der Waals surface area (Å²) in [5.41, 5.74) is 0.225. The van der Waals surface area contributed by atoms with E-state index in [1.54, 1.807) is 0 Å². The summed E-state index contributed by atoms with van der Waals surface area (Å²) in [6.07, 6.45) is 8.85. The Morgan fingerprint density at radius 2 is 1.50 bits per heavy atom. The minimum absolute atomic E-state index is 0.0437. The summed E-state index contributed by atoms with van der Waals surface area (Å²) in [5, 5.41) is 3.38. The second-order valence-corrected chi connectivity index (χ2v) is 9.63. The molecule has 0 radical (unpaired) electrons. The lowest BCUT2D eigenvalue weighted by Crippen LogP contribution is -2.53. The molecule has 2 heterocycles. The van der Waals surface area contributed by atoms with Crippen molar-refractivity contribution in [3.05, 3.63) is 0 Å². The Bertz CT molecular complexity index is 508. The van der Waals surface area contributed by atoms with Gasteiger partial charge in [0.2, 0.25) is 5.91 Å². The summed E-state index contributed by atoms with van der Waals surface area (Å²) >= 11 is 0. The number of amides is 3. The van der Waals surface area contributed by atoms with Crippen LogP contribution in [0.15, 0.2) is 0 Å². The molecule has 3 rings (SSSR count). The van der Waals surface area contributed by atoms with Gasteiger partial charge in [-0.25, -0.2) is 4.79 Å². The SMILES string of the molecule is CC(C)(C)[C@@H]1CCCC[C@H]1NC(=O)[C@H]1CCCN(C(=O)N2CCCC2)C1. The Hall–Kier alpha value is -1.26. The summed E-state index contributed by atoms with van der Waals surface area (Å²) in [6, 6.07) is 0.436. The fraction of sp³-hybridized carbons (Fsp3) is 0.905. The zero-order valence-corrected chi connectivity index (χ0v) is 16.9. The highest BCUT2D eigenvalue weighted by Gasteiger charge is 2.37. The largest absolute Gasteiger partial charge is 0.353 e. The zero-order chi connectivity index (χ0) is 18.7. The molecule has 0 spiro atoms. The van der Waals surface area contributed by atoms with Crippen molar-refractivity contribution < 1.29 is 9.59 Å². The first-order valence-corrected chi connectivity index (χ1v) is 10.7. The van der Waals surface area contributed by atoms with Gasteiger partial charge in [0.25, 0.3) is 0 Å². The van der Waals surface area contributed by atoms with Crippen LogP contribution in [0.25, 0.3) is 0 Å². The molecule has 5 heteroatoms. The van der Waals surface area contributed by atoms with Crippen molar-refractivity contribution in [3.63, 3.8) is 0 Å². The third-order valence-corrected chi connectivity index (χ3v) is 6.65. The Kier molecular flexibility index (Phi) is 6.13. The Labute approximate surface area is 158 Å². The van der Waals surface area contributed by atoms with Gasteiger partial charge in [-0.2, -0.15) is 0 Å². The third kappa shape index (κ3) is 4.52. The molecule has 0 unspecified atom stereocenters. The quantitative estimate of drug-likeness (QED) is 0.814. The fourth-order valence-corrected chi connectivity index (χ4v) is 5.11.